The molecule has 0 fully saturated rings. The van der Waals surface area contributed by atoms with Crippen LogP contribution in [0.1, 0.15) is 11.6 Å². The quantitative estimate of drug-likeness (QED) is 0.496. The second-order valence-corrected chi connectivity index (χ2v) is 3.16. The van der Waals surface area contributed by atoms with Crippen LogP contribution in [0.25, 0.3) is 0 Å². The molecule has 0 heterocycles. The smallest absolute Gasteiger partial charge is 0.244 e. The van der Waals surface area contributed by atoms with Crippen LogP contribution in [0, 0.1) is 0 Å². The highest BCUT2D eigenvalue weighted by molar-refractivity contribution is 5.87. The number of hydrogen-bond acceptors (Lipinski definition) is 4. The van der Waals surface area contributed by atoms with E-state index in [4.69, 9.17) is 10.9 Å². The van der Waals surface area contributed by atoms with E-state index in [1.807, 2.05) is 5.48 Å². The second-order valence-electron chi connectivity index (χ2n) is 3.16. The molecule has 6 heteroatoms. The van der Waals surface area contributed by atoms with Gasteiger partial charge >= 0.3 is 0 Å². The maximum atomic E-state index is 11.5. The van der Waals surface area contributed by atoms with Gasteiger partial charge in [-0.25, -0.2) is 0 Å². The van der Waals surface area contributed by atoms with Crippen LogP contribution in [0.3, 0.4) is 0 Å². The molecular formula is C10H13N3O3. The minimum absolute atomic E-state index is 0.260. The third-order valence-electron chi connectivity index (χ3n) is 1.96. The van der Waals surface area contributed by atoms with Gasteiger partial charge in [-0.15, -0.1) is 0 Å². The Bertz CT molecular complexity index is 367. The van der Waals surface area contributed by atoms with Gasteiger partial charge in [-0.1, -0.05) is 30.3 Å². The number of hydroxylamine groups is 1. The summed E-state index contributed by atoms with van der Waals surface area (Å²) >= 11 is 0. The summed E-state index contributed by atoms with van der Waals surface area (Å²) < 4.78 is 0. The fourth-order valence-electron chi connectivity index (χ4n) is 1.21. The summed E-state index contributed by atoms with van der Waals surface area (Å²) in [4.78, 5) is 22.0. The molecule has 0 saturated heterocycles. The summed E-state index contributed by atoms with van der Waals surface area (Å²) in [6, 6.07) is 7.71. The Morgan fingerprint density at radius 2 is 1.94 bits per heavy atom. The molecule has 1 aromatic rings. The summed E-state index contributed by atoms with van der Waals surface area (Å²) in [6.45, 7) is -0.260. The molecule has 0 aliphatic heterocycles. The normalized spacial score (nSPS) is 11.8. The summed E-state index contributed by atoms with van der Waals surface area (Å²) in [7, 11) is 0. The molecule has 1 aromatic carbocycles. The molecule has 1 atom stereocenters. The Hall–Kier alpha value is -1.92. The highest BCUT2D eigenvalue weighted by Gasteiger charge is 2.19. The molecule has 6 nitrogen and oxygen atoms in total. The largest absolute Gasteiger partial charge is 0.368 e. The third kappa shape index (κ3) is 3.34. The van der Waals surface area contributed by atoms with E-state index in [9.17, 15) is 9.59 Å². The lowest BCUT2D eigenvalue weighted by atomic mass is 10.1. The zero-order chi connectivity index (χ0) is 12.0. The first-order chi connectivity index (χ1) is 7.65. The monoisotopic (exact) mass is 223 g/mol. The SMILES string of the molecule is NC(=O)CNC(=O)[C@@H](NO)c1ccccc1. The van der Waals surface area contributed by atoms with Gasteiger partial charge in [0.05, 0.1) is 6.54 Å². The number of nitrogens with one attached hydrogen (secondary N) is 2. The van der Waals surface area contributed by atoms with Crippen LogP contribution in [-0.4, -0.2) is 23.6 Å². The highest BCUT2D eigenvalue weighted by atomic mass is 16.5. The Labute approximate surface area is 92.4 Å². The van der Waals surface area contributed by atoms with Crippen molar-refractivity contribution in [1.82, 2.24) is 10.8 Å². The van der Waals surface area contributed by atoms with Gasteiger partial charge in [0.2, 0.25) is 11.8 Å². The molecular weight excluding hydrogens is 210 g/mol. The van der Waals surface area contributed by atoms with Crippen molar-refractivity contribution in [3.8, 4) is 0 Å². The van der Waals surface area contributed by atoms with Crippen molar-refractivity contribution in [3.05, 3.63) is 35.9 Å². The molecule has 0 spiro atoms. The first kappa shape index (κ1) is 12.2. The number of carbonyl (C=O) groups excluding carboxylic acids is 2. The van der Waals surface area contributed by atoms with Gasteiger partial charge in [0.1, 0.15) is 6.04 Å². The molecule has 0 aliphatic rings. The van der Waals surface area contributed by atoms with Crippen molar-refractivity contribution in [2.75, 3.05) is 6.54 Å². The van der Waals surface area contributed by atoms with Crippen LogP contribution < -0.4 is 16.5 Å². The lowest BCUT2D eigenvalue weighted by Crippen LogP contribution is -2.40. The van der Waals surface area contributed by atoms with E-state index < -0.39 is 17.9 Å². The molecule has 0 unspecified atom stereocenters. The van der Waals surface area contributed by atoms with Crippen LogP contribution in [0.15, 0.2) is 30.3 Å². The summed E-state index contributed by atoms with van der Waals surface area (Å²) in [5.74, 6) is -1.16. The Morgan fingerprint density at radius 1 is 1.31 bits per heavy atom. The van der Waals surface area contributed by atoms with Crippen LogP contribution >= 0.6 is 0 Å². The van der Waals surface area contributed by atoms with E-state index in [0.29, 0.717) is 5.56 Å². The van der Waals surface area contributed by atoms with E-state index >= 15 is 0 Å². The van der Waals surface area contributed by atoms with E-state index in [2.05, 4.69) is 5.32 Å². The molecule has 0 radical (unpaired) electrons. The van der Waals surface area contributed by atoms with Gasteiger partial charge in [0, 0.05) is 0 Å². The molecule has 0 aromatic heterocycles. The van der Waals surface area contributed by atoms with Crippen molar-refractivity contribution < 1.29 is 14.8 Å². The fraction of sp³-hybridized carbons (Fsp3) is 0.200. The molecule has 86 valence electrons. The molecule has 0 aliphatic carbocycles. The number of nitrogens with two attached hydrogens (primary N) is 1. The van der Waals surface area contributed by atoms with Crippen LogP contribution in [0.4, 0.5) is 0 Å². The zero-order valence-electron chi connectivity index (χ0n) is 8.51. The highest BCUT2D eigenvalue weighted by Crippen LogP contribution is 2.11. The number of benzene rings is 1. The summed E-state index contributed by atoms with van der Waals surface area (Å²) in [6.07, 6.45) is 0. The maximum Gasteiger partial charge on any atom is 0.244 e. The lowest BCUT2D eigenvalue weighted by molar-refractivity contribution is -0.128. The van der Waals surface area contributed by atoms with Gasteiger partial charge in [0.15, 0.2) is 0 Å². The maximum absolute atomic E-state index is 11.5. The third-order valence-corrected chi connectivity index (χ3v) is 1.96. The summed E-state index contributed by atoms with van der Waals surface area (Å²) in [5, 5.41) is 11.2. The number of rotatable bonds is 5. The second kappa shape index (κ2) is 5.84. The Balaban J connectivity index is 2.68. The Morgan fingerprint density at radius 3 is 2.44 bits per heavy atom. The van der Waals surface area contributed by atoms with Crippen LogP contribution in [-0.2, 0) is 9.59 Å². The van der Waals surface area contributed by atoms with Gasteiger partial charge in [0.25, 0.3) is 0 Å². The van der Waals surface area contributed by atoms with Crippen molar-refractivity contribution in [2.45, 2.75) is 6.04 Å². The van der Waals surface area contributed by atoms with Crippen LogP contribution in [0.2, 0.25) is 0 Å². The minimum Gasteiger partial charge on any atom is -0.368 e. The van der Waals surface area contributed by atoms with E-state index in [0.717, 1.165) is 0 Å². The minimum atomic E-state index is -0.916. The van der Waals surface area contributed by atoms with Crippen molar-refractivity contribution in [1.29, 1.82) is 0 Å². The van der Waals surface area contributed by atoms with Crippen molar-refractivity contribution in [2.24, 2.45) is 5.73 Å². The molecule has 2 amide bonds. The van der Waals surface area contributed by atoms with E-state index in [1.54, 1.807) is 30.3 Å². The number of primary amides is 1. The van der Waals surface area contributed by atoms with Gasteiger partial charge in [-0.2, -0.15) is 5.48 Å². The van der Waals surface area contributed by atoms with Gasteiger partial charge in [-0.3, -0.25) is 9.59 Å². The average molecular weight is 223 g/mol. The topological polar surface area (TPSA) is 104 Å². The summed E-state index contributed by atoms with van der Waals surface area (Å²) in [5.41, 5.74) is 7.35. The van der Waals surface area contributed by atoms with Crippen molar-refractivity contribution in [3.63, 3.8) is 0 Å². The van der Waals surface area contributed by atoms with E-state index in [-0.39, 0.29) is 6.54 Å². The first-order valence-electron chi connectivity index (χ1n) is 4.65. The average Bonchev–Trinajstić information content (AvgIpc) is 2.29. The lowest BCUT2D eigenvalue weighted by Gasteiger charge is -2.14. The molecule has 5 N–H and O–H groups in total. The standard InChI is InChI=1S/C10H13N3O3/c11-8(14)6-12-10(15)9(13-16)7-4-2-1-3-5-7/h1-5,9,13,16H,6H2,(H2,11,14)(H,12,15)/t9-/m0/s1. The number of amides is 2. The zero-order valence-corrected chi connectivity index (χ0v) is 8.51. The molecule has 1 rings (SSSR count). The Kier molecular flexibility index (Phi) is 4.43. The van der Waals surface area contributed by atoms with Crippen molar-refractivity contribution >= 4 is 11.8 Å². The van der Waals surface area contributed by atoms with Crippen LogP contribution in [0.5, 0.6) is 0 Å². The molecule has 16 heavy (non-hydrogen) atoms. The molecule has 0 bridgehead atoms. The fourth-order valence-corrected chi connectivity index (χ4v) is 1.21. The first-order valence-corrected chi connectivity index (χ1v) is 4.65. The van der Waals surface area contributed by atoms with E-state index in [1.165, 1.54) is 0 Å². The predicted molar refractivity (Wildman–Crippen MR) is 56.3 cm³/mol. The predicted octanol–water partition coefficient (Wildman–Crippen LogP) is -0.692. The van der Waals surface area contributed by atoms with Gasteiger partial charge < -0.3 is 16.3 Å². The number of carbonyl (C=O) groups is 2. The van der Waals surface area contributed by atoms with Gasteiger partial charge in [-0.05, 0) is 5.56 Å². The molecule has 0 saturated carbocycles. The number of hydrogen-bond donors (Lipinski definition) is 4.